The molecule has 4 heterocycles. The number of carbonyl (C=O) groups is 5. The maximum atomic E-state index is 13.3. The zero-order valence-electron chi connectivity index (χ0n) is 38.3. The normalized spacial score (nSPS) is 16.2. The minimum Gasteiger partial charge on any atom is -0.494 e. The number of nitrogens with zero attached hydrogens (tertiary/aromatic N) is 5. The highest BCUT2D eigenvalue weighted by molar-refractivity contribution is 7.99. The van der Waals surface area contributed by atoms with Gasteiger partial charge in [-0.25, -0.2) is 4.98 Å². The highest BCUT2D eigenvalue weighted by atomic mass is 35.5. The lowest BCUT2D eigenvalue weighted by Crippen LogP contribution is -2.54. The minimum atomic E-state index is -2.56. The number of carbonyl (C=O) groups excluding carboxylic acids is 5. The van der Waals surface area contributed by atoms with Crippen LogP contribution in [-0.4, -0.2) is 120 Å². The number of piperidine rings is 1. The number of hydrogen-bond donors (Lipinski definition) is 4. The second kappa shape index (κ2) is 22.9. The van der Waals surface area contributed by atoms with Crippen molar-refractivity contribution >= 4 is 99.9 Å². The van der Waals surface area contributed by atoms with Crippen molar-refractivity contribution in [3.63, 3.8) is 0 Å². The van der Waals surface area contributed by atoms with Crippen LogP contribution in [0.5, 0.6) is 5.75 Å². The van der Waals surface area contributed by atoms with E-state index in [1.807, 2.05) is 59.1 Å². The second-order valence-electron chi connectivity index (χ2n) is 17.2. The van der Waals surface area contributed by atoms with E-state index in [1.54, 1.807) is 38.6 Å². The molecule has 2 saturated heterocycles. The van der Waals surface area contributed by atoms with Crippen LogP contribution >= 0.6 is 30.5 Å². The number of nitrogens with one attached hydrogen (secondary N) is 4. The lowest BCUT2D eigenvalue weighted by Gasteiger charge is -2.36. The van der Waals surface area contributed by atoms with Crippen LogP contribution in [0.25, 0.3) is 0 Å². The van der Waals surface area contributed by atoms with Crippen LogP contribution in [0, 0.1) is 0 Å². The number of benzene rings is 3. The van der Waals surface area contributed by atoms with E-state index in [1.165, 1.54) is 6.20 Å². The molecule has 16 nitrogen and oxygen atoms in total. The van der Waals surface area contributed by atoms with E-state index < -0.39 is 36.8 Å². The number of ether oxygens (including phenoxy) is 1. The zero-order valence-corrected chi connectivity index (χ0v) is 40.7. The SMILES string of the molecule is COc1cc(N2CCN(C(=O)CCCCCCSCCCCCNc3cccc4c3C(=O)N(C3CCC(=O)NC3=O)C4=O)CC2)ccc1Nc1ncc(Cl)c(Nc2ccccc2P(C)(C)=O)n1. The molecule has 4 N–H and O–H groups in total. The summed E-state index contributed by atoms with van der Waals surface area (Å²) in [5.41, 5.74) is 3.49. The van der Waals surface area contributed by atoms with Crippen molar-refractivity contribution < 1.29 is 33.3 Å². The van der Waals surface area contributed by atoms with Crippen molar-refractivity contribution in [3.05, 3.63) is 83.0 Å². The minimum absolute atomic E-state index is 0.0854. The van der Waals surface area contributed by atoms with Crippen molar-refractivity contribution in [2.45, 2.75) is 70.3 Å². The molecule has 356 valence electrons. The number of para-hydroxylation sites is 1. The van der Waals surface area contributed by atoms with Gasteiger partial charge in [-0.2, -0.15) is 16.7 Å². The van der Waals surface area contributed by atoms with Crippen LogP contribution in [0.3, 0.4) is 0 Å². The van der Waals surface area contributed by atoms with Crippen LogP contribution < -0.4 is 36.2 Å². The summed E-state index contributed by atoms with van der Waals surface area (Å²) in [5, 5.41) is 13.0. The molecule has 4 aromatic rings. The van der Waals surface area contributed by atoms with E-state index in [0.29, 0.717) is 71.0 Å². The molecule has 5 amide bonds. The fraction of sp³-hybridized carbons (Fsp3) is 0.438. The highest BCUT2D eigenvalue weighted by Gasteiger charge is 2.45. The Morgan fingerprint density at radius 2 is 1.60 bits per heavy atom. The zero-order chi connectivity index (χ0) is 47.5. The van der Waals surface area contributed by atoms with Gasteiger partial charge in [0.2, 0.25) is 23.7 Å². The first-order valence-electron chi connectivity index (χ1n) is 22.9. The van der Waals surface area contributed by atoms with Crippen molar-refractivity contribution in [1.82, 2.24) is 25.1 Å². The molecule has 7 rings (SSSR count). The van der Waals surface area contributed by atoms with Gasteiger partial charge in [0.15, 0.2) is 5.82 Å². The maximum Gasteiger partial charge on any atom is 0.264 e. The fourth-order valence-corrected chi connectivity index (χ4v) is 10.8. The Hall–Kier alpha value is -5.64. The average Bonchev–Trinajstić information content (AvgIpc) is 3.57. The highest BCUT2D eigenvalue weighted by Crippen LogP contribution is 2.39. The first kappa shape index (κ1) is 49.3. The molecular formula is C48H59ClN9O7PS. The third kappa shape index (κ3) is 12.5. The number of halogens is 1. The Bertz CT molecular complexity index is 2520. The lowest BCUT2D eigenvalue weighted by atomic mass is 10.0. The number of fused-ring (bicyclic) bond motifs is 1. The fourth-order valence-electron chi connectivity index (χ4n) is 8.49. The van der Waals surface area contributed by atoms with Crippen molar-refractivity contribution in [3.8, 4) is 5.75 Å². The summed E-state index contributed by atoms with van der Waals surface area (Å²) >= 11 is 8.42. The Morgan fingerprint density at radius 3 is 2.34 bits per heavy atom. The number of imide groups is 2. The molecular weight excluding hydrogens is 913 g/mol. The number of thioether (sulfide) groups is 1. The van der Waals surface area contributed by atoms with Crippen LogP contribution in [-0.2, 0) is 18.9 Å². The van der Waals surface area contributed by atoms with Crippen molar-refractivity contribution in [2.75, 3.05) is 85.5 Å². The van der Waals surface area contributed by atoms with E-state index in [-0.39, 0.29) is 29.9 Å². The number of hydrogen-bond acceptors (Lipinski definition) is 14. The van der Waals surface area contributed by atoms with E-state index in [0.717, 1.165) is 80.1 Å². The van der Waals surface area contributed by atoms with Gasteiger partial charge in [-0.3, -0.25) is 34.2 Å². The Balaban J connectivity index is 0.744. The smallest absolute Gasteiger partial charge is 0.264 e. The number of piperazine rings is 1. The molecule has 0 radical (unpaired) electrons. The van der Waals surface area contributed by atoms with Gasteiger partial charge in [-0.15, -0.1) is 0 Å². The molecule has 0 aliphatic carbocycles. The Kier molecular flexibility index (Phi) is 16.8. The molecule has 1 atom stereocenters. The third-order valence-corrected chi connectivity index (χ3v) is 15.1. The molecule has 19 heteroatoms. The quantitative estimate of drug-likeness (QED) is 0.0337. The summed E-state index contributed by atoms with van der Waals surface area (Å²) in [5.74, 6) is 1.67. The first-order chi connectivity index (χ1) is 32.3. The molecule has 67 heavy (non-hydrogen) atoms. The van der Waals surface area contributed by atoms with Gasteiger partial charge in [0.05, 0.1) is 35.8 Å². The maximum absolute atomic E-state index is 13.3. The molecule has 3 aliphatic heterocycles. The monoisotopic (exact) mass is 971 g/mol. The van der Waals surface area contributed by atoms with Crippen LogP contribution in [0.2, 0.25) is 5.02 Å². The number of aromatic nitrogens is 2. The van der Waals surface area contributed by atoms with Gasteiger partial charge in [-0.1, -0.05) is 49.1 Å². The largest absolute Gasteiger partial charge is 0.494 e. The number of amides is 5. The van der Waals surface area contributed by atoms with E-state index in [9.17, 15) is 28.5 Å². The first-order valence-corrected chi connectivity index (χ1v) is 27.0. The number of methoxy groups -OCH3 is 1. The predicted molar refractivity (Wildman–Crippen MR) is 267 cm³/mol. The summed E-state index contributed by atoms with van der Waals surface area (Å²) in [6.45, 7) is 6.87. The topological polar surface area (TPSA) is 195 Å². The van der Waals surface area contributed by atoms with Gasteiger partial charge in [0.25, 0.3) is 11.8 Å². The van der Waals surface area contributed by atoms with Gasteiger partial charge in [-0.05, 0) is 93.3 Å². The summed E-state index contributed by atoms with van der Waals surface area (Å²) in [4.78, 5) is 77.6. The van der Waals surface area contributed by atoms with Crippen LogP contribution in [0.4, 0.5) is 34.5 Å². The molecule has 0 spiro atoms. The number of anilines is 6. The van der Waals surface area contributed by atoms with Crippen molar-refractivity contribution in [2.24, 2.45) is 0 Å². The summed E-state index contributed by atoms with van der Waals surface area (Å²) in [6.07, 6.45) is 9.47. The standard InChI is InChI=1S/C48H59ClN9O7PS/c1-65-39-30-32(19-20-35(39)53-48-51-31-34(49)44(55-48)52-36-15-8-9-17-40(36)66(2,3)64)56-24-26-57(27-25-56)42(60)18-7-4-5-11-28-67-29-12-6-10-23-50-37-16-13-14-33-43(37)47(63)58(46(33)62)38-21-22-41(59)54-45(38)61/h8-9,13-17,19-20,30-31,38,50H,4-7,10-12,18,21-29H2,1-3H3,(H,54,59,61)(H2,51,52,53,55). The number of rotatable bonds is 22. The van der Waals surface area contributed by atoms with Crippen LogP contribution in [0.15, 0.2) is 66.9 Å². The van der Waals surface area contributed by atoms with E-state index in [2.05, 4.69) is 36.1 Å². The summed E-state index contributed by atoms with van der Waals surface area (Å²) in [7, 11) is -0.947. The number of unbranched alkanes of at least 4 members (excludes halogenated alkanes) is 5. The van der Waals surface area contributed by atoms with Gasteiger partial charge >= 0.3 is 0 Å². The van der Waals surface area contributed by atoms with Gasteiger partial charge in [0, 0.05) is 68.3 Å². The lowest BCUT2D eigenvalue weighted by molar-refractivity contribution is -0.136. The molecule has 3 aliphatic rings. The molecule has 1 unspecified atom stereocenters. The summed E-state index contributed by atoms with van der Waals surface area (Å²) in [6, 6.07) is 17.4. The van der Waals surface area contributed by atoms with Crippen LogP contribution in [0.1, 0.15) is 84.9 Å². The Labute approximate surface area is 401 Å². The molecule has 3 aromatic carbocycles. The molecule has 1 aromatic heterocycles. The van der Waals surface area contributed by atoms with Gasteiger partial charge in [0.1, 0.15) is 24.0 Å². The molecule has 0 bridgehead atoms. The average molecular weight is 973 g/mol. The molecule has 0 saturated carbocycles. The van der Waals surface area contributed by atoms with E-state index >= 15 is 0 Å². The van der Waals surface area contributed by atoms with Gasteiger partial charge < -0.3 is 35.1 Å². The summed E-state index contributed by atoms with van der Waals surface area (Å²) < 4.78 is 18.6. The van der Waals surface area contributed by atoms with Crippen molar-refractivity contribution in [1.29, 1.82) is 0 Å². The predicted octanol–water partition coefficient (Wildman–Crippen LogP) is 7.89. The second-order valence-corrected chi connectivity index (χ2v) is 22.0. The third-order valence-electron chi connectivity index (χ3n) is 12.1. The molecule has 2 fully saturated rings. The Morgan fingerprint density at radius 1 is 0.866 bits per heavy atom. The van der Waals surface area contributed by atoms with E-state index in [4.69, 9.17) is 16.3 Å².